The number of benzene rings is 1. The number of rotatable bonds is 16. The molecule has 0 aliphatic carbocycles. The Balaban J connectivity index is 1.86. The molecular formula is C33H54O6. The van der Waals surface area contributed by atoms with Crippen LogP contribution in [0.2, 0.25) is 0 Å². The molecule has 1 aliphatic rings. The van der Waals surface area contributed by atoms with Crippen molar-refractivity contribution in [3.8, 4) is 11.5 Å². The summed E-state index contributed by atoms with van der Waals surface area (Å²) in [4.78, 5) is 22.8. The van der Waals surface area contributed by atoms with Gasteiger partial charge in [-0.3, -0.25) is 4.79 Å². The predicted molar refractivity (Wildman–Crippen MR) is 157 cm³/mol. The van der Waals surface area contributed by atoms with Crippen molar-refractivity contribution < 1.29 is 28.9 Å². The first-order valence-electron chi connectivity index (χ1n) is 15.2. The number of hydrogen-bond donors (Lipinski definition) is 1. The molecule has 0 saturated heterocycles. The van der Waals surface area contributed by atoms with Gasteiger partial charge in [0, 0.05) is 5.56 Å². The molecule has 6 nitrogen and oxygen atoms in total. The van der Waals surface area contributed by atoms with Crippen LogP contribution in [0, 0.1) is 38.5 Å². The lowest BCUT2D eigenvalue weighted by Gasteiger charge is -2.38. The lowest BCUT2D eigenvalue weighted by molar-refractivity contribution is -0.137. The maximum atomic E-state index is 12.1. The van der Waals surface area contributed by atoms with E-state index in [1.165, 1.54) is 44.9 Å². The maximum absolute atomic E-state index is 12.1. The average molecular weight is 547 g/mol. The number of carbonyl (C=O) groups excluding carboxylic acids is 1. The second kappa shape index (κ2) is 15.5. The summed E-state index contributed by atoms with van der Waals surface area (Å²) in [7, 11) is 0. The Morgan fingerprint density at radius 1 is 0.897 bits per heavy atom. The van der Waals surface area contributed by atoms with Gasteiger partial charge in [0.15, 0.2) is 0 Å². The van der Waals surface area contributed by atoms with Crippen molar-refractivity contribution in [1.82, 2.24) is 0 Å². The molecule has 1 aromatic rings. The van der Waals surface area contributed by atoms with Crippen molar-refractivity contribution in [3.05, 3.63) is 22.3 Å². The van der Waals surface area contributed by atoms with Crippen molar-refractivity contribution in [1.29, 1.82) is 0 Å². The minimum absolute atomic E-state index is 0.195. The monoisotopic (exact) mass is 546 g/mol. The second-order valence-electron chi connectivity index (χ2n) is 12.8. The fourth-order valence-electron chi connectivity index (χ4n) is 5.75. The van der Waals surface area contributed by atoms with E-state index in [2.05, 4.69) is 34.6 Å². The zero-order valence-electron chi connectivity index (χ0n) is 25.9. The quantitative estimate of drug-likeness (QED) is 0.164. The summed E-state index contributed by atoms with van der Waals surface area (Å²) in [5.41, 5.74) is 3.60. The molecule has 0 saturated carbocycles. The highest BCUT2D eigenvalue weighted by molar-refractivity contribution is 5.70. The van der Waals surface area contributed by atoms with Crippen LogP contribution >= 0.6 is 0 Å². The van der Waals surface area contributed by atoms with Gasteiger partial charge in [-0.05, 0) is 87.8 Å². The minimum atomic E-state index is -1.02. The zero-order valence-corrected chi connectivity index (χ0v) is 25.9. The van der Waals surface area contributed by atoms with Gasteiger partial charge < -0.3 is 19.3 Å². The number of hydrogen-bond acceptors (Lipinski definition) is 5. The molecule has 1 aliphatic heterocycles. The van der Waals surface area contributed by atoms with E-state index in [1.54, 1.807) is 0 Å². The first-order valence-corrected chi connectivity index (χ1v) is 15.2. The number of fused-ring (bicyclic) bond motifs is 1. The highest BCUT2D eigenvalue weighted by Gasteiger charge is 2.35. The molecule has 0 radical (unpaired) electrons. The molecule has 1 heterocycles. The summed E-state index contributed by atoms with van der Waals surface area (Å²) in [5, 5.41) is 8.74. The number of ether oxygens (including phenoxy) is 3. The third kappa shape index (κ3) is 10.7. The highest BCUT2D eigenvalue weighted by atomic mass is 16.7. The molecule has 6 heteroatoms. The topological polar surface area (TPSA) is 82.1 Å². The Bertz CT molecular complexity index is 952. The highest BCUT2D eigenvalue weighted by Crippen LogP contribution is 2.45. The largest absolute Gasteiger partial charge is 0.513 e. The van der Waals surface area contributed by atoms with Crippen LogP contribution in [0.4, 0.5) is 4.79 Å². The van der Waals surface area contributed by atoms with Gasteiger partial charge >= 0.3 is 12.1 Å². The van der Waals surface area contributed by atoms with Crippen molar-refractivity contribution in [2.75, 3.05) is 6.61 Å². The molecule has 3 atom stereocenters. The van der Waals surface area contributed by atoms with E-state index in [-0.39, 0.29) is 18.6 Å². The third-order valence-corrected chi connectivity index (χ3v) is 8.56. The SMILES string of the molecule is Cc1c(C)c2c(c(C)c1OC(=O)OCCC(=O)O)CCC(C)(CCCC(C)CCCC(C)CCCC(C)C)O2. The Morgan fingerprint density at radius 2 is 1.49 bits per heavy atom. The Hall–Kier alpha value is -2.24. The molecule has 39 heavy (non-hydrogen) atoms. The molecule has 222 valence electrons. The smallest absolute Gasteiger partial charge is 0.487 e. The molecule has 0 bridgehead atoms. The first-order chi connectivity index (χ1) is 18.3. The molecule has 2 rings (SSSR count). The molecule has 0 spiro atoms. The normalized spacial score (nSPS) is 18.3. The van der Waals surface area contributed by atoms with Crippen LogP contribution in [0.1, 0.15) is 128 Å². The van der Waals surface area contributed by atoms with Gasteiger partial charge in [0.25, 0.3) is 0 Å². The van der Waals surface area contributed by atoms with Crippen LogP contribution in [0.15, 0.2) is 0 Å². The second-order valence-corrected chi connectivity index (χ2v) is 12.8. The van der Waals surface area contributed by atoms with Gasteiger partial charge in [-0.15, -0.1) is 0 Å². The molecule has 0 amide bonds. The van der Waals surface area contributed by atoms with Crippen LogP contribution in [-0.4, -0.2) is 29.4 Å². The Morgan fingerprint density at radius 3 is 2.08 bits per heavy atom. The molecule has 1 aromatic carbocycles. The van der Waals surface area contributed by atoms with Crippen molar-refractivity contribution in [3.63, 3.8) is 0 Å². The van der Waals surface area contributed by atoms with E-state index in [0.717, 1.165) is 71.4 Å². The zero-order chi connectivity index (χ0) is 29.2. The fraction of sp³-hybridized carbons (Fsp3) is 0.758. The summed E-state index contributed by atoms with van der Waals surface area (Å²) in [5.74, 6) is 2.79. The molecule has 0 aromatic heterocycles. The Kier molecular flexibility index (Phi) is 13.1. The van der Waals surface area contributed by atoms with Crippen LogP contribution in [0.5, 0.6) is 11.5 Å². The summed E-state index contributed by atoms with van der Waals surface area (Å²) in [6, 6.07) is 0. The summed E-state index contributed by atoms with van der Waals surface area (Å²) in [6.07, 6.45) is 12.2. The van der Waals surface area contributed by atoms with E-state index < -0.39 is 12.1 Å². The van der Waals surface area contributed by atoms with E-state index in [1.807, 2.05) is 20.8 Å². The lowest BCUT2D eigenvalue weighted by Crippen LogP contribution is -2.37. The van der Waals surface area contributed by atoms with Gasteiger partial charge in [0.05, 0.1) is 6.42 Å². The number of aliphatic carboxylic acids is 1. The molecule has 3 unspecified atom stereocenters. The standard InChI is InChI=1S/C33H54O6/c1-22(2)12-9-13-23(3)14-10-15-24(4)16-11-19-33(8)20-17-28-27(7)30(25(5)26(6)31(28)39-33)38-32(36)37-21-18-29(34)35/h22-24H,9-21H2,1-8H3,(H,34,35). The lowest BCUT2D eigenvalue weighted by atomic mass is 9.83. The molecular weight excluding hydrogens is 492 g/mol. The predicted octanol–water partition coefficient (Wildman–Crippen LogP) is 9.12. The maximum Gasteiger partial charge on any atom is 0.513 e. The van der Waals surface area contributed by atoms with Gasteiger partial charge in [-0.1, -0.05) is 72.6 Å². The average Bonchev–Trinajstić information content (AvgIpc) is 2.84. The van der Waals surface area contributed by atoms with E-state index >= 15 is 0 Å². The summed E-state index contributed by atoms with van der Waals surface area (Å²) in [6.45, 7) is 17.3. The number of carbonyl (C=O) groups is 2. The van der Waals surface area contributed by atoms with Gasteiger partial charge in [-0.2, -0.15) is 0 Å². The van der Waals surface area contributed by atoms with Crippen LogP contribution in [0.25, 0.3) is 0 Å². The van der Waals surface area contributed by atoms with Crippen LogP contribution in [0.3, 0.4) is 0 Å². The third-order valence-electron chi connectivity index (χ3n) is 8.56. The summed E-state index contributed by atoms with van der Waals surface area (Å²) >= 11 is 0. The van der Waals surface area contributed by atoms with Crippen molar-refractivity contribution >= 4 is 12.1 Å². The van der Waals surface area contributed by atoms with Crippen LogP contribution < -0.4 is 9.47 Å². The fourth-order valence-corrected chi connectivity index (χ4v) is 5.75. The number of carboxylic acid groups (broad SMARTS) is 1. The molecule has 1 N–H and O–H groups in total. The van der Waals surface area contributed by atoms with Gasteiger partial charge in [0.2, 0.25) is 0 Å². The molecule has 0 fully saturated rings. The van der Waals surface area contributed by atoms with E-state index in [0.29, 0.717) is 5.75 Å². The van der Waals surface area contributed by atoms with Crippen molar-refractivity contribution in [2.24, 2.45) is 17.8 Å². The van der Waals surface area contributed by atoms with Crippen molar-refractivity contribution in [2.45, 2.75) is 138 Å². The Labute approximate surface area is 237 Å². The van der Waals surface area contributed by atoms with Crippen LogP contribution in [-0.2, 0) is 16.0 Å². The van der Waals surface area contributed by atoms with Gasteiger partial charge in [0.1, 0.15) is 23.7 Å². The number of carboxylic acids is 1. The van der Waals surface area contributed by atoms with Gasteiger partial charge in [-0.25, -0.2) is 4.79 Å². The van der Waals surface area contributed by atoms with E-state index in [9.17, 15) is 9.59 Å². The van der Waals surface area contributed by atoms with E-state index in [4.69, 9.17) is 19.3 Å². The minimum Gasteiger partial charge on any atom is -0.487 e. The summed E-state index contributed by atoms with van der Waals surface area (Å²) < 4.78 is 17.1. The first kappa shape index (κ1) is 33.0.